The highest BCUT2D eigenvalue weighted by molar-refractivity contribution is 7.90. The van der Waals surface area contributed by atoms with Gasteiger partial charge in [-0.3, -0.25) is 0 Å². The first kappa shape index (κ1) is 16.2. The summed E-state index contributed by atoms with van der Waals surface area (Å²) < 4.78 is 40.0. The number of nitrogens with zero attached hydrogens (tertiary/aromatic N) is 1. The molecule has 3 aromatic rings. The maximum atomic E-state index is 13.1. The van der Waals surface area contributed by atoms with Crippen LogP contribution in [-0.2, 0) is 10.0 Å². The number of hydrogen-bond acceptors (Lipinski definition) is 2. The van der Waals surface area contributed by atoms with Gasteiger partial charge in [-0.1, -0.05) is 36.4 Å². The van der Waals surface area contributed by atoms with Crippen LogP contribution in [0.2, 0.25) is 0 Å². The zero-order valence-corrected chi connectivity index (χ0v) is 13.9. The van der Waals surface area contributed by atoms with Crippen LogP contribution in [0.5, 0.6) is 0 Å². The van der Waals surface area contributed by atoms with Crippen LogP contribution in [0.4, 0.5) is 4.39 Å². The molecule has 0 saturated carbocycles. The maximum Gasteiger partial charge on any atom is 0.268 e. The van der Waals surface area contributed by atoms with Crippen LogP contribution in [0.15, 0.2) is 72.3 Å². The van der Waals surface area contributed by atoms with E-state index in [-0.39, 0.29) is 10.7 Å². The summed E-state index contributed by atoms with van der Waals surface area (Å²) in [6, 6.07) is 14.3. The van der Waals surface area contributed by atoms with Gasteiger partial charge in [-0.25, -0.2) is 16.8 Å². The van der Waals surface area contributed by atoms with Crippen molar-refractivity contribution in [2.75, 3.05) is 0 Å². The second-order valence-electron chi connectivity index (χ2n) is 5.48. The molecule has 0 N–H and O–H groups in total. The van der Waals surface area contributed by atoms with Crippen LogP contribution in [0.1, 0.15) is 11.3 Å². The van der Waals surface area contributed by atoms with Gasteiger partial charge in [0.1, 0.15) is 5.82 Å². The number of aryl methyl sites for hydroxylation is 1. The third-order valence-corrected chi connectivity index (χ3v) is 5.48. The van der Waals surface area contributed by atoms with Gasteiger partial charge in [-0.2, -0.15) is 0 Å². The Kier molecular flexibility index (Phi) is 4.11. The quantitative estimate of drug-likeness (QED) is 0.702. The molecule has 0 bridgehead atoms. The first-order chi connectivity index (χ1) is 11.4. The van der Waals surface area contributed by atoms with Crippen LogP contribution in [0.25, 0.3) is 17.2 Å². The van der Waals surface area contributed by atoms with Gasteiger partial charge in [0.2, 0.25) is 0 Å². The van der Waals surface area contributed by atoms with E-state index in [2.05, 4.69) is 6.58 Å². The van der Waals surface area contributed by atoms with Gasteiger partial charge in [0.05, 0.1) is 10.6 Å². The van der Waals surface area contributed by atoms with Gasteiger partial charge in [-0.15, -0.1) is 0 Å². The molecule has 0 aliphatic heterocycles. The maximum absolute atomic E-state index is 13.1. The summed E-state index contributed by atoms with van der Waals surface area (Å²) in [6.07, 6.45) is 3.01. The van der Waals surface area contributed by atoms with E-state index in [0.29, 0.717) is 11.3 Å². The number of benzene rings is 2. The SMILES string of the molecule is C=Cc1cc(-c2ccc(F)cc2)cn1S(=O)(=O)c1ccc(C)cc1. The molecule has 1 heterocycles. The minimum atomic E-state index is -3.72. The lowest BCUT2D eigenvalue weighted by Gasteiger charge is -2.08. The third kappa shape index (κ3) is 2.90. The Morgan fingerprint density at radius 2 is 1.62 bits per heavy atom. The smallest absolute Gasteiger partial charge is 0.241 e. The van der Waals surface area contributed by atoms with Crippen molar-refractivity contribution in [1.82, 2.24) is 3.97 Å². The van der Waals surface area contributed by atoms with E-state index in [1.54, 1.807) is 42.5 Å². The first-order valence-corrected chi connectivity index (χ1v) is 8.79. The number of aromatic nitrogens is 1. The Morgan fingerprint density at radius 3 is 2.21 bits per heavy atom. The fraction of sp³-hybridized carbons (Fsp3) is 0.0526. The summed E-state index contributed by atoms with van der Waals surface area (Å²) in [5, 5.41) is 0. The normalized spacial score (nSPS) is 11.4. The predicted octanol–water partition coefficient (Wildman–Crippen LogP) is 4.48. The van der Waals surface area contributed by atoms with E-state index >= 15 is 0 Å². The Balaban J connectivity index is 2.12. The standard InChI is InChI=1S/C19H16FNO2S/c1-3-18-12-16(15-6-8-17(20)9-7-15)13-21(18)24(22,23)19-10-4-14(2)5-11-19/h3-13H,1H2,2H3. The van der Waals surface area contributed by atoms with Crippen molar-refractivity contribution < 1.29 is 12.8 Å². The Labute approximate surface area is 140 Å². The molecule has 0 radical (unpaired) electrons. The molecule has 0 aliphatic rings. The van der Waals surface area contributed by atoms with E-state index < -0.39 is 10.0 Å². The van der Waals surface area contributed by atoms with Gasteiger partial charge in [-0.05, 0) is 48.9 Å². The Bertz CT molecular complexity index is 985. The molecule has 0 saturated heterocycles. The molecule has 0 unspecified atom stereocenters. The third-order valence-electron chi connectivity index (χ3n) is 3.78. The van der Waals surface area contributed by atoms with Crippen LogP contribution >= 0.6 is 0 Å². The van der Waals surface area contributed by atoms with Crippen molar-refractivity contribution >= 4 is 16.1 Å². The molecule has 0 spiro atoms. The van der Waals surface area contributed by atoms with Crippen LogP contribution in [0.3, 0.4) is 0 Å². The van der Waals surface area contributed by atoms with Gasteiger partial charge in [0.25, 0.3) is 10.0 Å². The number of rotatable bonds is 4. The van der Waals surface area contributed by atoms with Gasteiger partial charge in [0.15, 0.2) is 0 Å². The van der Waals surface area contributed by atoms with E-state index in [1.165, 1.54) is 28.4 Å². The van der Waals surface area contributed by atoms with Crippen LogP contribution < -0.4 is 0 Å². The second-order valence-corrected chi connectivity index (χ2v) is 7.29. The zero-order valence-electron chi connectivity index (χ0n) is 13.1. The fourth-order valence-corrected chi connectivity index (χ4v) is 3.81. The topological polar surface area (TPSA) is 39.1 Å². The Morgan fingerprint density at radius 1 is 1.00 bits per heavy atom. The Hall–Kier alpha value is -2.66. The molecule has 122 valence electrons. The van der Waals surface area contributed by atoms with Crippen molar-refractivity contribution in [2.45, 2.75) is 11.8 Å². The van der Waals surface area contributed by atoms with Crippen molar-refractivity contribution in [3.05, 3.63) is 84.4 Å². The molecular formula is C19H16FNO2S. The molecule has 1 aromatic heterocycles. The van der Waals surface area contributed by atoms with E-state index in [0.717, 1.165) is 11.1 Å². The first-order valence-electron chi connectivity index (χ1n) is 7.35. The fourth-order valence-electron chi connectivity index (χ4n) is 2.44. The molecule has 0 aliphatic carbocycles. The lowest BCUT2D eigenvalue weighted by atomic mass is 10.1. The molecule has 3 nitrogen and oxygen atoms in total. The molecule has 3 rings (SSSR count). The van der Waals surface area contributed by atoms with Crippen molar-refractivity contribution in [3.63, 3.8) is 0 Å². The molecule has 0 atom stereocenters. The second kappa shape index (κ2) is 6.09. The van der Waals surface area contributed by atoms with Crippen LogP contribution in [-0.4, -0.2) is 12.4 Å². The summed E-state index contributed by atoms with van der Waals surface area (Å²) in [5.41, 5.74) is 2.85. The molecular weight excluding hydrogens is 325 g/mol. The van der Waals surface area contributed by atoms with Crippen molar-refractivity contribution in [1.29, 1.82) is 0 Å². The number of halogens is 1. The average Bonchev–Trinajstić information content (AvgIpc) is 3.01. The monoisotopic (exact) mass is 341 g/mol. The number of hydrogen-bond donors (Lipinski definition) is 0. The van der Waals surface area contributed by atoms with Gasteiger partial charge < -0.3 is 0 Å². The minimum Gasteiger partial charge on any atom is -0.241 e. The average molecular weight is 341 g/mol. The van der Waals surface area contributed by atoms with Crippen LogP contribution in [0, 0.1) is 12.7 Å². The summed E-state index contributed by atoms with van der Waals surface area (Å²) in [5.74, 6) is -0.339. The highest BCUT2D eigenvalue weighted by atomic mass is 32.2. The molecule has 0 fully saturated rings. The largest absolute Gasteiger partial charge is 0.268 e. The van der Waals surface area contributed by atoms with E-state index in [9.17, 15) is 12.8 Å². The highest BCUT2D eigenvalue weighted by Crippen LogP contribution is 2.26. The highest BCUT2D eigenvalue weighted by Gasteiger charge is 2.20. The molecule has 0 amide bonds. The summed E-state index contributed by atoms with van der Waals surface area (Å²) in [6.45, 7) is 5.59. The van der Waals surface area contributed by atoms with E-state index in [1.807, 2.05) is 6.92 Å². The predicted molar refractivity (Wildman–Crippen MR) is 93.7 cm³/mol. The van der Waals surface area contributed by atoms with Crippen molar-refractivity contribution in [3.8, 4) is 11.1 Å². The molecule has 2 aromatic carbocycles. The summed E-state index contributed by atoms with van der Waals surface area (Å²) in [7, 11) is -3.72. The lowest BCUT2D eigenvalue weighted by Crippen LogP contribution is -2.13. The molecule has 5 heteroatoms. The summed E-state index contributed by atoms with van der Waals surface area (Å²) >= 11 is 0. The summed E-state index contributed by atoms with van der Waals surface area (Å²) in [4.78, 5) is 0.206. The zero-order chi connectivity index (χ0) is 17.3. The van der Waals surface area contributed by atoms with Crippen molar-refractivity contribution in [2.24, 2.45) is 0 Å². The van der Waals surface area contributed by atoms with E-state index in [4.69, 9.17) is 0 Å². The van der Waals surface area contributed by atoms with Gasteiger partial charge in [0, 0.05) is 11.8 Å². The minimum absolute atomic E-state index is 0.206. The molecule has 24 heavy (non-hydrogen) atoms. The lowest BCUT2D eigenvalue weighted by molar-refractivity contribution is 0.587. The van der Waals surface area contributed by atoms with Gasteiger partial charge >= 0.3 is 0 Å².